The second-order valence-corrected chi connectivity index (χ2v) is 6.04. The normalized spacial score (nSPS) is 10.6. The maximum Gasteiger partial charge on any atom is 0.317 e. The first-order valence-electron chi connectivity index (χ1n) is 8.72. The van der Waals surface area contributed by atoms with Gasteiger partial charge in [-0.25, -0.2) is 4.79 Å². The molecule has 1 aromatic carbocycles. The molecule has 2 aromatic rings. The van der Waals surface area contributed by atoms with E-state index in [1.54, 1.807) is 0 Å². The molecule has 2 amide bonds. The molecule has 0 radical (unpaired) electrons. The summed E-state index contributed by atoms with van der Waals surface area (Å²) in [6.45, 7) is 8.97. The van der Waals surface area contributed by atoms with Crippen molar-refractivity contribution in [3.63, 3.8) is 0 Å². The molecule has 0 saturated heterocycles. The van der Waals surface area contributed by atoms with Crippen LogP contribution in [0.5, 0.6) is 0 Å². The fourth-order valence-corrected chi connectivity index (χ4v) is 2.68. The third-order valence-electron chi connectivity index (χ3n) is 4.05. The van der Waals surface area contributed by atoms with E-state index in [-0.39, 0.29) is 6.03 Å². The highest BCUT2D eigenvalue weighted by atomic mass is 16.2. The van der Waals surface area contributed by atoms with E-state index < -0.39 is 0 Å². The zero-order chi connectivity index (χ0) is 17.4. The number of carbonyl (C=O) groups excluding carboxylic acids is 1. The quantitative estimate of drug-likeness (QED) is 0.755. The van der Waals surface area contributed by atoms with Crippen LogP contribution in [-0.2, 0) is 19.5 Å². The molecule has 1 N–H and O–H groups in total. The number of aryl methyl sites for hydroxylation is 3. The zero-order valence-corrected chi connectivity index (χ0v) is 15.0. The molecule has 5 heteroatoms. The maximum atomic E-state index is 12.3. The van der Waals surface area contributed by atoms with E-state index >= 15 is 0 Å². The lowest BCUT2D eigenvalue weighted by atomic mass is 10.1. The summed E-state index contributed by atoms with van der Waals surface area (Å²) in [5, 5.41) is 7.28. The molecule has 130 valence electrons. The number of urea groups is 1. The molecule has 0 aliphatic carbocycles. The molecule has 0 fully saturated rings. The molecule has 0 spiro atoms. The molecule has 2 rings (SSSR count). The van der Waals surface area contributed by atoms with Gasteiger partial charge in [0.2, 0.25) is 0 Å². The van der Waals surface area contributed by atoms with Crippen LogP contribution in [0.4, 0.5) is 4.79 Å². The van der Waals surface area contributed by atoms with Gasteiger partial charge in [-0.05, 0) is 39.2 Å². The largest absolute Gasteiger partial charge is 0.338 e. The minimum Gasteiger partial charge on any atom is -0.338 e. The molecule has 1 heterocycles. The van der Waals surface area contributed by atoms with E-state index in [2.05, 4.69) is 48.5 Å². The Bertz CT molecular complexity index is 650. The van der Waals surface area contributed by atoms with Gasteiger partial charge in [0.25, 0.3) is 0 Å². The Balaban J connectivity index is 1.75. The molecule has 5 nitrogen and oxygen atoms in total. The van der Waals surface area contributed by atoms with Crippen LogP contribution >= 0.6 is 0 Å². The third kappa shape index (κ3) is 5.41. The molecule has 24 heavy (non-hydrogen) atoms. The van der Waals surface area contributed by atoms with Gasteiger partial charge in [0.05, 0.1) is 12.7 Å². The van der Waals surface area contributed by atoms with Gasteiger partial charge in [0.1, 0.15) is 0 Å². The number of hydrogen-bond donors (Lipinski definition) is 1. The lowest BCUT2D eigenvalue weighted by molar-refractivity contribution is 0.198. The third-order valence-corrected chi connectivity index (χ3v) is 4.05. The minimum absolute atomic E-state index is 0.00834. The van der Waals surface area contributed by atoms with Crippen molar-refractivity contribution >= 4 is 6.03 Å². The summed E-state index contributed by atoms with van der Waals surface area (Å²) in [5.74, 6) is 0. The Morgan fingerprint density at radius 3 is 2.79 bits per heavy atom. The fourth-order valence-electron chi connectivity index (χ4n) is 2.68. The first-order chi connectivity index (χ1) is 11.6. The van der Waals surface area contributed by atoms with Crippen LogP contribution < -0.4 is 5.32 Å². The first kappa shape index (κ1) is 18.0. The van der Waals surface area contributed by atoms with E-state index in [9.17, 15) is 4.79 Å². The zero-order valence-electron chi connectivity index (χ0n) is 15.0. The summed E-state index contributed by atoms with van der Waals surface area (Å²) in [4.78, 5) is 14.1. The van der Waals surface area contributed by atoms with Crippen LogP contribution in [-0.4, -0.2) is 33.8 Å². The van der Waals surface area contributed by atoms with E-state index in [1.165, 1.54) is 11.1 Å². The first-order valence-corrected chi connectivity index (χ1v) is 8.72. The molecule has 0 aliphatic rings. The Morgan fingerprint density at radius 2 is 2.12 bits per heavy atom. The highest BCUT2D eigenvalue weighted by Gasteiger charge is 2.12. The van der Waals surface area contributed by atoms with Gasteiger partial charge in [0, 0.05) is 31.4 Å². The summed E-state index contributed by atoms with van der Waals surface area (Å²) in [6, 6.07) is 8.51. The van der Waals surface area contributed by atoms with Gasteiger partial charge in [-0.3, -0.25) is 4.68 Å². The number of hydrogen-bond acceptors (Lipinski definition) is 2. The van der Waals surface area contributed by atoms with Crippen LogP contribution in [0.25, 0.3) is 0 Å². The highest BCUT2D eigenvalue weighted by Crippen LogP contribution is 2.07. The van der Waals surface area contributed by atoms with E-state index in [4.69, 9.17) is 0 Å². The van der Waals surface area contributed by atoms with Gasteiger partial charge in [-0.15, -0.1) is 0 Å². The highest BCUT2D eigenvalue weighted by molar-refractivity contribution is 5.74. The molecular formula is C19H28N4O. The number of nitrogens with zero attached hydrogens (tertiary/aromatic N) is 3. The number of benzene rings is 1. The van der Waals surface area contributed by atoms with Crippen molar-refractivity contribution in [3.05, 3.63) is 53.3 Å². The van der Waals surface area contributed by atoms with Crippen molar-refractivity contribution in [1.29, 1.82) is 0 Å². The number of amides is 2. The Kier molecular flexibility index (Phi) is 6.85. The predicted octanol–water partition coefficient (Wildman–Crippen LogP) is 3.38. The van der Waals surface area contributed by atoms with E-state index in [0.717, 1.165) is 24.9 Å². The van der Waals surface area contributed by atoms with Crippen molar-refractivity contribution in [2.45, 2.75) is 46.7 Å². The van der Waals surface area contributed by atoms with Gasteiger partial charge in [-0.2, -0.15) is 5.10 Å². The lowest BCUT2D eigenvalue weighted by Gasteiger charge is -2.20. The average Bonchev–Trinajstić information content (AvgIpc) is 3.04. The monoisotopic (exact) mass is 328 g/mol. The maximum absolute atomic E-state index is 12.3. The Morgan fingerprint density at radius 1 is 1.29 bits per heavy atom. The molecule has 0 bridgehead atoms. The predicted molar refractivity (Wildman–Crippen MR) is 96.9 cm³/mol. The summed E-state index contributed by atoms with van der Waals surface area (Å²) in [6.07, 6.45) is 5.75. The van der Waals surface area contributed by atoms with Crippen LogP contribution in [0.15, 0.2) is 36.7 Å². The van der Waals surface area contributed by atoms with E-state index in [0.29, 0.717) is 19.6 Å². The van der Waals surface area contributed by atoms with Crippen molar-refractivity contribution in [3.8, 4) is 0 Å². The number of rotatable bonds is 8. The summed E-state index contributed by atoms with van der Waals surface area (Å²) >= 11 is 0. The van der Waals surface area contributed by atoms with Crippen LogP contribution in [0.2, 0.25) is 0 Å². The molecule has 0 unspecified atom stereocenters. The molecule has 0 atom stereocenters. The summed E-state index contributed by atoms with van der Waals surface area (Å²) in [5.41, 5.74) is 3.67. The summed E-state index contributed by atoms with van der Waals surface area (Å²) in [7, 11) is 0. The van der Waals surface area contributed by atoms with Crippen molar-refractivity contribution in [2.24, 2.45) is 0 Å². The number of nitrogens with one attached hydrogen (secondary N) is 1. The Hall–Kier alpha value is -2.30. The SMILES string of the molecule is CCN(Cc1cnn(CC)c1)C(=O)NCCCc1cccc(C)c1. The van der Waals surface area contributed by atoms with Gasteiger partial charge in [-0.1, -0.05) is 29.8 Å². The number of aromatic nitrogens is 2. The van der Waals surface area contributed by atoms with Crippen molar-refractivity contribution < 1.29 is 4.79 Å². The number of carbonyl (C=O) groups is 1. The van der Waals surface area contributed by atoms with Crippen LogP contribution in [0.3, 0.4) is 0 Å². The van der Waals surface area contributed by atoms with E-state index in [1.807, 2.05) is 28.9 Å². The van der Waals surface area contributed by atoms with Crippen molar-refractivity contribution in [1.82, 2.24) is 20.0 Å². The smallest absolute Gasteiger partial charge is 0.317 e. The molecular weight excluding hydrogens is 300 g/mol. The lowest BCUT2D eigenvalue weighted by Crippen LogP contribution is -2.39. The average molecular weight is 328 g/mol. The van der Waals surface area contributed by atoms with Crippen molar-refractivity contribution in [2.75, 3.05) is 13.1 Å². The van der Waals surface area contributed by atoms with Gasteiger partial charge in [0.15, 0.2) is 0 Å². The Labute approximate surface area is 144 Å². The van der Waals surface area contributed by atoms with Crippen LogP contribution in [0.1, 0.15) is 37.0 Å². The standard InChI is InChI=1S/C19H28N4O/c1-4-22(14-18-13-21-23(5-2)15-18)19(24)20-11-7-10-17-9-6-8-16(3)12-17/h6,8-9,12-13,15H,4-5,7,10-11,14H2,1-3H3,(H,20,24). The second kappa shape index (κ2) is 9.11. The molecule has 0 aliphatic heterocycles. The fraction of sp³-hybridized carbons (Fsp3) is 0.474. The second-order valence-electron chi connectivity index (χ2n) is 6.04. The summed E-state index contributed by atoms with van der Waals surface area (Å²) < 4.78 is 1.88. The van der Waals surface area contributed by atoms with Gasteiger partial charge < -0.3 is 10.2 Å². The minimum atomic E-state index is -0.00834. The molecule has 1 aromatic heterocycles. The van der Waals surface area contributed by atoms with Crippen LogP contribution in [0, 0.1) is 6.92 Å². The molecule has 0 saturated carbocycles. The topological polar surface area (TPSA) is 50.2 Å². The van der Waals surface area contributed by atoms with Gasteiger partial charge >= 0.3 is 6.03 Å².